The van der Waals surface area contributed by atoms with E-state index in [9.17, 15) is 18.5 Å². The molecule has 22 heavy (non-hydrogen) atoms. The number of nitro benzene ring substituents is 1. The SMILES string of the molecule is CCN[C@H](C)CNS(=O)(=O)c1c(C)ccc(C)c1[N+](=O)[O-].Cl. The Labute approximate surface area is 137 Å². The number of hydrogen-bond donors (Lipinski definition) is 2. The summed E-state index contributed by atoms with van der Waals surface area (Å²) in [7, 11) is -3.93. The first-order chi connectivity index (χ1) is 9.70. The molecule has 0 aliphatic rings. The Morgan fingerprint density at radius 1 is 1.27 bits per heavy atom. The Balaban J connectivity index is 0.00000441. The predicted octanol–water partition coefficient (Wildman–Crippen LogP) is 1.91. The summed E-state index contributed by atoms with van der Waals surface area (Å²) >= 11 is 0. The van der Waals surface area contributed by atoms with Gasteiger partial charge in [0.1, 0.15) is 0 Å². The van der Waals surface area contributed by atoms with Gasteiger partial charge in [-0.25, -0.2) is 13.1 Å². The smallest absolute Gasteiger partial charge is 0.292 e. The highest BCUT2D eigenvalue weighted by Crippen LogP contribution is 2.30. The number of nitrogens with one attached hydrogen (secondary N) is 2. The second kappa shape index (κ2) is 8.42. The molecule has 0 radical (unpaired) electrons. The second-order valence-electron chi connectivity index (χ2n) is 4.94. The fraction of sp³-hybridized carbons (Fsp3) is 0.538. The molecule has 0 aliphatic heterocycles. The van der Waals surface area contributed by atoms with Crippen molar-refractivity contribution in [2.24, 2.45) is 0 Å². The highest BCUT2D eigenvalue weighted by molar-refractivity contribution is 7.89. The summed E-state index contributed by atoms with van der Waals surface area (Å²) in [6, 6.07) is 3.06. The third-order valence-corrected chi connectivity index (χ3v) is 4.71. The maximum Gasteiger partial charge on any atom is 0.292 e. The van der Waals surface area contributed by atoms with Gasteiger partial charge in [0.15, 0.2) is 4.90 Å². The van der Waals surface area contributed by atoms with Crippen LogP contribution in [0.4, 0.5) is 5.69 Å². The molecule has 0 aromatic heterocycles. The van der Waals surface area contributed by atoms with Crippen LogP contribution < -0.4 is 10.0 Å². The zero-order chi connectivity index (χ0) is 16.2. The van der Waals surface area contributed by atoms with Crippen LogP contribution in [0, 0.1) is 24.0 Å². The highest BCUT2D eigenvalue weighted by Gasteiger charge is 2.29. The summed E-state index contributed by atoms with van der Waals surface area (Å²) in [5, 5.41) is 14.3. The largest absolute Gasteiger partial charge is 0.313 e. The van der Waals surface area contributed by atoms with Gasteiger partial charge in [-0.05, 0) is 32.9 Å². The lowest BCUT2D eigenvalue weighted by Crippen LogP contribution is -2.39. The van der Waals surface area contributed by atoms with Gasteiger partial charge in [0.25, 0.3) is 5.69 Å². The molecular formula is C13H22ClN3O4S. The van der Waals surface area contributed by atoms with Crippen LogP contribution in [0.3, 0.4) is 0 Å². The second-order valence-corrected chi connectivity index (χ2v) is 6.65. The predicted molar refractivity (Wildman–Crippen MR) is 88.1 cm³/mol. The molecule has 0 spiro atoms. The average molecular weight is 352 g/mol. The van der Waals surface area contributed by atoms with Crippen molar-refractivity contribution in [3.8, 4) is 0 Å². The molecule has 0 saturated heterocycles. The van der Waals surface area contributed by atoms with E-state index in [1.165, 1.54) is 6.92 Å². The summed E-state index contributed by atoms with van der Waals surface area (Å²) in [4.78, 5) is 10.3. The van der Waals surface area contributed by atoms with Crippen LogP contribution in [0.5, 0.6) is 0 Å². The number of sulfonamides is 1. The molecule has 0 unspecified atom stereocenters. The summed E-state index contributed by atoms with van der Waals surface area (Å²) in [5.41, 5.74) is 0.320. The quantitative estimate of drug-likeness (QED) is 0.577. The first-order valence-corrected chi connectivity index (χ1v) is 8.16. The van der Waals surface area contributed by atoms with Gasteiger partial charge in [-0.3, -0.25) is 10.1 Å². The van der Waals surface area contributed by atoms with E-state index in [0.717, 1.165) is 0 Å². The lowest BCUT2D eigenvalue weighted by atomic mass is 10.1. The lowest BCUT2D eigenvalue weighted by molar-refractivity contribution is -0.388. The standard InChI is InChI=1S/C13H21N3O4S.ClH/c1-5-14-11(4)8-15-21(19,20)13-10(3)7-6-9(2)12(13)16(17)18;/h6-7,11,14-15H,5,8H2,1-4H3;1H/t11-;/m1./s1. The summed E-state index contributed by atoms with van der Waals surface area (Å²) < 4.78 is 27.2. The van der Waals surface area contributed by atoms with Crippen molar-refractivity contribution >= 4 is 28.1 Å². The van der Waals surface area contributed by atoms with Crippen molar-refractivity contribution in [2.45, 2.75) is 38.6 Å². The van der Waals surface area contributed by atoms with Crippen LogP contribution in [0.15, 0.2) is 17.0 Å². The van der Waals surface area contributed by atoms with Gasteiger partial charge in [-0.15, -0.1) is 12.4 Å². The maximum absolute atomic E-state index is 12.4. The van der Waals surface area contributed by atoms with Gasteiger partial charge in [-0.1, -0.05) is 19.1 Å². The molecule has 1 rings (SSSR count). The number of halogens is 1. The molecule has 2 N–H and O–H groups in total. The van der Waals surface area contributed by atoms with Gasteiger partial charge in [0.05, 0.1) is 4.92 Å². The number of likely N-dealkylation sites (N-methyl/N-ethyl adjacent to an activating group) is 1. The van der Waals surface area contributed by atoms with E-state index in [1.54, 1.807) is 19.1 Å². The summed E-state index contributed by atoms with van der Waals surface area (Å²) in [6.07, 6.45) is 0. The molecule has 126 valence electrons. The molecule has 0 heterocycles. The Hall–Kier alpha value is -1.22. The Bertz CT molecular complexity index is 634. The minimum atomic E-state index is -3.93. The lowest BCUT2D eigenvalue weighted by Gasteiger charge is -2.15. The first-order valence-electron chi connectivity index (χ1n) is 6.68. The molecule has 9 heteroatoms. The number of nitrogens with zero attached hydrogens (tertiary/aromatic N) is 1. The molecule has 0 fully saturated rings. The number of aryl methyl sites for hydroxylation is 2. The molecule has 1 aromatic rings. The molecular weight excluding hydrogens is 330 g/mol. The fourth-order valence-electron chi connectivity index (χ4n) is 2.06. The van der Waals surface area contributed by atoms with E-state index in [-0.39, 0.29) is 35.6 Å². The van der Waals surface area contributed by atoms with E-state index < -0.39 is 14.9 Å². The molecule has 0 amide bonds. The number of hydrogen-bond acceptors (Lipinski definition) is 5. The van der Waals surface area contributed by atoms with E-state index >= 15 is 0 Å². The van der Waals surface area contributed by atoms with Crippen LogP contribution in [-0.4, -0.2) is 32.5 Å². The van der Waals surface area contributed by atoms with Gasteiger partial charge in [0.2, 0.25) is 10.0 Å². The monoisotopic (exact) mass is 351 g/mol. The third-order valence-electron chi connectivity index (χ3n) is 3.11. The van der Waals surface area contributed by atoms with E-state index in [2.05, 4.69) is 10.0 Å². The average Bonchev–Trinajstić information content (AvgIpc) is 2.38. The van der Waals surface area contributed by atoms with Crippen LogP contribution in [0.25, 0.3) is 0 Å². The fourth-order valence-corrected chi connectivity index (χ4v) is 3.66. The van der Waals surface area contributed by atoms with Crippen molar-refractivity contribution in [3.63, 3.8) is 0 Å². The third kappa shape index (κ3) is 4.91. The number of rotatable bonds is 7. The van der Waals surface area contributed by atoms with E-state index in [4.69, 9.17) is 0 Å². The molecule has 0 bridgehead atoms. The van der Waals surface area contributed by atoms with Gasteiger partial charge in [0, 0.05) is 18.2 Å². The topological polar surface area (TPSA) is 101 Å². The Kier molecular flexibility index (Phi) is 7.96. The first kappa shape index (κ1) is 20.8. The van der Waals surface area contributed by atoms with Gasteiger partial charge >= 0.3 is 0 Å². The van der Waals surface area contributed by atoms with E-state index in [1.807, 2.05) is 13.8 Å². The molecule has 0 saturated carbocycles. The summed E-state index contributed by atoms with van der Waals surface area (Å²) in [5.74, 6) is 0. The molecule has 1 aromatic carbocycles. The minimum Gasteiger partial charge on any atom is -0.313 e. The normalized spacial score (nSPS) is 12.5. The van der Waals surface area contributed by atoms with Crippen molar-refractivity contribution in [3.05, 3.63) is 33.4 Å². The van der Waals surface area contributed by atoms with Crippen molar-refractivity contribution in [2.75, 3.05) is 13.1 Å². The Morgan fingerprint density at radius 2 is 1.82 bits per heavy atom. The summed E-state index contributed by atoms with van der Waals surface area (Å²) in [6.45, 7) is 7.71. The van der Waals surface area contributed by atoms with Crippen molar-refractivity contribution < 1.29 is 13.3 Å². The molecule has 7 nitrogen and oxygen atoms in total. The zero-order valence-corrected chi connectivity index (χ0v) is 14.7. The molecule has 0 aliphatic carbocycles. The van der Waals surface area contributed by atoms with Crippen LogP contribution >= 0.6 is 12.4 Å². The van der Waals surface area contributed by atoms with Crippen LogP contribution in [0.1, 0.15) is 25.0 Å². The number of benzene rings is 1. The zero-order valence-electron chi connectivity index (χ0n) is 13.0. The van der Waals surface area contributed by atoms with Gasteiger partial charge < -0.3 is 5.32 Å². The van der Waals surface area contributed by atoms with E-state index in [0.29, 0.717) is 17.7 Å². The van der Waals surface area contributed by atoms with Crippen molar-refractivity contribution in [1.82, 2.24) is 10.0 Å². The maximum atomic E-state index is 12.4. The van der Waals surface area contributed by atoms with Crippen molar-refractivity contribution in [1.29, 1.82) is 0 Å². The number of nitro groups is 1. The van der Waals surface area contributed by atoms with Gasteiger partial charge in [-0.2, -0.15) is 0 Å². The molecule has 1 atom stereocenters. The Morgan fingerprint density at radius 3 is 2.32 bits per heavy atom. The van der Waals surface area contributed by atoms with Crippen LogP contribution in [-0.2, 0) is 10.0 Å². The van der Waals surface area contributed by atoms with Crippen LogP contribution in [0.2, 0.25) is 0 Å². The minimum absolute atomic E-state index is 0. The highest BCUT2D eigenvalue weighted by atomic mass is 35.5.